The molecule has 1 aliphatic carbocycles. The van der Waals surface area contributed by atoms with Crippen LogP contribution in [0, 0.1) is 5.92 Å². The Hall–Kier alpha value is -1.26. The third-order valence-electron chi connectivity index (χ3n) is 5.02. The summed E-state index contributed by atoms with van der Waals surface area (Å²) in [5.41, 5.74) is 0.465. The number of carbonyl (C=O) groups is 2. The van der Waals surface area contributed by atoms with Gasteiger partial charge in [0.05, 0.1) is 10.6 Å². The van der Waals surface area contributed by atoms with Crippen LogP contribution in [-0.2, 0) is 4.79 Å². The third kappa shape index (κ3) is 4.04. The van der Waals surface area contributed by atoms with Crippen molar-refractivity contribution in [2.45, 2.75) is 32.1 Å². The maximum absolute atomic E-state index is 12.6. The molecule has 0 N–H and O–H groups in total. The van der Waals surface area contributed by atoms with E-state index in [0.29, 0.717) is 54.1 Å². The highest BCUT2D eigenvalue weighted by atomic mass is 35.5. The predicted molar refractivity (Wildman–Crippen MR) is 95.5 cm³/mol. The van der Waals surface area contributed by atoms with Crippen LogP contribution in [0.15, 0.2) is 18.2 Å². The van der Waals surface area contributed by atoms with E-state index in [2.05, 4.69) is 0 Å². The van der Waals surface area contributed by atoms with Crippen LogP contribution >= 0.6 is 23.2 Å². The van der Waals surface area contributed by atoms with E-state index in [-0.39, 0.29) is 11.8 Å². The lowest BCUT2D eigenvalue weighted by molar-refractivity contribution is -0.133. The molecule has 0 aromatic heterocycles. The zero-order valence-electron chi connectivity index (χ0n) is 13.6. The number of amides is 2. The molecule has 0 radical (unpaired) electrons. The molecule has 1 saturated heterocycles. The molecular weight excluding hydrogens is 347 g/mol. The lowest BCUT2D eigenvalue weighted by Gasteiger charge is -2.35. The zero-order chi connectivity index (χ0) is 17.1. The minimum atomic E-state index is -0.0976. The fraction of sp³-hybridized carbons (Fsp3) is 0.556. The van der Waals surface area contributed by atoms with E-state index in [1.54, 1.807) is 23.1 Å². The molecule has 24 heavy (non-hydrogen) atoms. The standard InChI is InChI=1S/C18H22Cl2N2O2/c19-14-5-6-15(16(20)12-14)18(24)22-9-7-21(8-10-22)17(23)11-13-3-1-2-4-13/h5-6,12-13H,1-4,7-11H2. The molecule has 2 fully saturated rings. The van der Waals surface area contributed by atoms with Gasteiger partial charge in [-0.1, -0.05) is 36.0 Å². The van der Waals surface area contributed by atoms with Gasteiger partial charge in [-0.15, -0.1) is 0 Å². The zero-order valence-corrected chi connectivity index (χ0v) is 15.2. The van der Waals surface area contributed by atoms with Crippen LogP contribution in [0.25, 0.3) is 0 Å². The molecule has 1 aromatic rings. The number of benzene rings is 1. The minimum absolute atomic E-state index is 0.0976. The molecule has 1 heterocycles. The van der Waals surface area contributed by atoms with Gasteiger partial charge in [-0.25, -0.2) is 0 Å². The summed E-state index contributed by atoms with van der Waals surface area (Å²) in [5, 5.41) is 0.881. The highest BCUT2D eigenvalue weighted by molar-refractivity contribution is 6.36. The van der Waals surface area contributed by atoms with Gasteiger partial charge in [-0.2, -0.15) is 0 Å². The lowest BCUT2D eigenvalue weighted by Crippen LogP contribution is -2.50. The molecule has 3 rings (SSSR count). The molecule has 6 heteroatoms. The monoisotopic (exact) mass is 368 g/mol. The Kier molecular flexibility index (Phi) is 5.67. The third-order valence-corrected chi connectivity index (χ3v) is 5.57. The SMILES string of the molecule is O=C(CC1CCCC1)N1CCN(C(=O)c2ccc(Cl)cc2Cl)CC1. The van der Waals surface area contributed by atoms with Gasteiger partial charge in [-0.3, -0.25) is 9.59 Å². The van der Waals surface area contributed by atoms with Crippen molar-refractivity contribution < 1.29 is 9.59 Å². The molecule has 0 unspecified atom stereocenters. The Balaban J connectivity index is 1.54. The van der Waals surface area contributed by atoms with Crippen LogP contribution in [0.5, 0.6) is 0 Å². The first kappa shape index (κ1) is 17.6. The average molecular weight is 369 g/mol. The molecule has 4 nitrogen and oxygen atoms in total. The van der Waals surface area contributed by atoms with Gasteiger partial charge in [0.15, 0.2) is 0 Å². The van der Waals surface area contributed by atoms with Crippen molar-refractivity contribution in [2.24, 2.45) is 5.92 Å². The van der Waals surface area contributed by atoms with Gasteiger partial charge < -0.3 is 9.80 Å². The highest BCUT2D eigenvalue weighted by Gasteiger charge is 2.27. The van der Waals surface area contributed by atoms with E-state index in [1.165, 1.54) is 25.7 Å². The number of rotatable bonds is 3. The summed E-state index contributed by atoms with van der Waals surface area (Å²) in [6.45, 7) is 2.30. The second kappa shape index (κ2) is 7.75. The van der Waals surface area contributed by atoms with Crippen LogP contribution < -0.4 is 0 Å². The fourth-order valence-electron chi connectivity index (χ4n) is 3.58. The Morgan fingerprint density at radius 2 is 1.62 bits per heavy atom. The average Bonchev–Trinajstić information content (AvgIpc) is 3.07. The number of hydrogen-bond donors (Lipinski definition) is 0. The largest absolute Gasteiger partial charge is 0.339 e. The predicted octanol–water partition coefficient (Wildman–Crippen LogP) is 3.86. The highest BCUT2D eigenvalue weighted by Crippen LogP contribution is 2.28. The first-order valence-corrected chi connectivity index (χ1v) is 9.32. The summed E-state index contributed by atoms with van der Waals surface area (Å²) in [6, 6.07) is 4.91. The van der Waals surface area contributed by atoms with Crippen molar-refractivity contribution in [3.8, 4) is 0 Å². The summed E-state index contributed by atoms with van der Waals surface area (Å²) in [4.78, 5) is 28.6. The number of halogens is 2. The summed E-state index contributed by atoms with van der Waals surface area (Å²) in [5.74, 6) is 0.697. The molecule has 2 amide bonds. The van der Waals surface area contributed by atoms with Crippen molar-refractivity contribution >= 4 is 35.0 Å². The van der Waals surface area contributed by atoms with Crippen molar-refractivity contribution in [2.75, 3.05) is 26.2 Å². The van der Waals surface area contributed by atoms with Crippen LogP contribution in [0.4, 0.5) is 0 Å². The molecular formula is C18H22Cl2N2O2. The summed E-state index contributed by atoms with van der Waals surface area (Å²) in [6.07, 6.45) is 5.53. The summed E-state index contributed by atoms with van der Waals surface area (Å²) < 4.78 is 0. The molecule has 0 atom stereocenters. The van der Waals surface area contributed by atoms with Gasteiger partial charge >= 0.3 is 0 Å². The molecule has 1 aromatic carbocycles. The normalized spacial score (nSPS) is 18.9. The molecule has 2 aliphatic rings. The van der Waals surface area contributed by atoms with Crippen molar-refractivity contribution in [3.63, 3.8) is 0 Å². The lowest BCUT2D eigenvalue weighted by atomic mass is 10.0. The fourth-order valence-corrected chi connectivity index (χ4v) is 4.07. The van der Waals surface area contributed by atoms with E-state index in [9.17, 15) is 9.59 Å². The maximum Gasteiger partial charge on any atom is 0.255 e. The topological polar surface area (TPSA) is 40.6 Å². The second-order valence-electron chi connectivity index (χ2n) is 6.65. The Labute approximate surface area is 152 Å². The van der Waals surface area contributed by atoms with Crippen LogP contribution in [0.3, 0.4) is 0 Å². The van der Waals surface area contributed by atoms with Crippen LogP contribution in [-0.4, -0.2) is 47.8 Å². The quantitative estimate of drug-likeness (QED) is 0.812. The molecule has 130 valence electrons. The van der Waals surface area contributed by atoms with Gasteiger partial charge in [0.1, 0.15) is 0 Å². The van der Waals surface area contributed by atoms with Crippen molar-refractivity contribution in [1.29, 1.82) is 0 Å². The molecule has 0 spiro atoms. The van der Waals surface area contributed by atoms with Crippen LogP contribution in [0.1, 0.15) is 42.5 Å². The maximum atomic E-state index is 12.6. The number of hydrogen-bond acceptors (Lipinski definition) is 2. The second-order valence-corrected chi connectivity index (χ2v) is 7.50. The van der Waals surface area contributed by atoms with Gasteiger partial charge in [-0.05, 0) is 37.0 Å². The van der Waals surface area contributed by atoms with Crippen LogP contribution in [0.2, 0.25) is 10.0 Å². The van der Waals surface area contributed by atoms with Gasteiger partial charge in [0.2, 0.25) is 5.91 Å². The van der Waals surface area contributed by atoms with Gasteiger partial charge in [0.25, 0.3) is 5.91 Å². The first-order valence-electron chi connectivity index (χ1n) is 8.56. The van der Waals surface area contributed by atoms with E-state index in [1.807, 2.05) is 4.90 Å². The Morgan fingerprint density at radius 3 is 2.25 bits per heavy atom. The number of piperazine rings is 1. The van der Waals surface area contributed by atoms with Gasteiger partial charge in [0, 0.05) is 37.6 Å². The van der Waals surface area contributed by atoms with E-state index >= 15 is 0 Å². The molecule has 0 bridgehead atoms. The number of nitrogens with zero attached hydrogens (tertiary/aromatic N) is 2. The molecule has 1 aliphatic heterocycles. The summed E-state index contributed by atoms with van der Waals surface area (Å²) >= 11 is 12.0. The Morgan fingerprint density at radius 1 is 1.00 bits per heavy atom. The van der Waals surface area contributed by atoms with E-state index in [4.69, 9.17) is 23.2 Å². The van der Waals surface area contributed by atoms with Crippen molar-refractivity contribution in [1.82, 2.24) is 9.80 Å². The van der Waals surface area contributed by atoms with Crippen molar-refractivity contribution in [3.05, 3.63) is 33.8 Å². The smallest absolute Gasteiger partial charge is 0.255 e. The van der Waals surface area contributed by atoms with E-state index < -0.39 is 0 Å². The Bertz CT molecular complexity index is 621. The van der Waals surface area contributed by atoms with E-state index in [0.717, 1.165) is 0 Å². The molecule has 1 saturated carbocycles. The minimum Gasteiger partial charge on any atom is -0.339 e. The number of carbonyl (C=O) groups excluding carboxylic acids is 2. The first-order chi connectivity index (χ1) is 11.5. The summed E-state index contributed by atoms with van der Waals surface area (Å²) in [7, 11) is 0.